The third kappa shape index (κ3) is 4.93. The Labute approximate surface area is 185 Å². The van der Waals surface area contributed by atoms with E-state index < -0.39 is 5.41 Å². The molecule has 11 heteroatoms. The van der Waals surface area contributed by atoms with Gasteiger partial charge in [-0.15, -0.1) is 0 Å². The fourth-order valence-corrected chi connectivity index (χ4v) is 4.49. The Morgan fingerprint density at radius 3 is 2.69 bits per heavy atom. The van der Waals surface area contributed by atoms with E-state index in [0.29, 0.717) is 43.1 Å². The summed E-state index contributed by atoms with van der Waals surface area (Å²) in [6, 6.07) is 1.54. The molecule has 0 saturated carbocycles. The number of hydrogen-bond acceptors (Lipinski definition) is 8. The summed E-state index contributed by atoms with van der Waals surface area (Å²) in [4.78, 5) is 47.3. The van der Waals surface area contributed by atoms with E-state index in [1.165, 1.54) is 6.26 Å². The molecule has 0 bridgehead atoms. The third-order valence-electron chi connectivity index (χ3n) is 6.12. The van der Waals surface area contributed by atoms with Crippen LogP contribution < -0.4 is 5.32 Å². The first-order valence-corrected chi connectivity index (χ1v) is 10.4. The third-order valence-corrected chi connectivity index (χ3v) is 6.12. The standard InChI is InChI=1S/C20H26N6O3.CH2O2/c1-14-21-10-15(11-22-14)18(27)26-7-3-5-20(6-8-25(2)13-17(20)26)19(28)23-12-16-4-9-29-24-16;2-1-3/h4,9-11,17H,3,5-8,12-13H2,1-2H3,(H,23,28);1H,(H,2,3)/t17-,20+;/m0./s1. The van der Waals surface area contributed by atoms with Crippen molar-refractivity contribution in [2.45, 2.75) is 38.8 Å². The number of likely N-dealkylation sites (N-methyl/N-ethyl adjacent to an activating group) is 1. The van der Waals surface area contributed by atoms with E-state index in [-0.39, 0.29) is 24.3 Å². The number of rotatable bonds is 4. The maximum Gasteiger partial charge on any atom is 0.290 e. The lowest BCUT2D eigenvalue weighted by Crippen LogP contribution is -2.66. The van der Waals surface area contributed by atoms with Crippen LogP contribution in [-0.4, -0.2) is 81.0 Å². The average Bonchev–Trinajstić information content (AvgIpc) is 3.31. The summed E-state index contributed by atoms with van der Waals surface area (Å²) in [5.41, 5.74) is 0.540. The molecule has 2 aliphatic rings. The normalized spacial score (nSPS) is 22.8. The van der Waals surface area contributed by atoms with Crippen molar-refractivity contribution < 1.29 is 24.0 Å². The first kappa shape index (κ1) is 23.3. The van der Waals surface area contributed by atoms with Crippen molar-refractivity contribution in [3.05, 3.63) is 41.8 Å². The number of carbonyl (C=O) groups excluding carboxylic acids is 2. The molecule has 2 N–H and O–H groups in total. The number of carboxylic acid groups (broad SMARTS) is 1. The second-order valence-electron chi connectivity index (χ2n) is 8.08. The highest BCUT2D eigenvalue weighted by molar-refractivity contribution is 5.95. The molecule has 0 aliphatic carbocycles. The summed E-state index contributed by atoms with van der Waals surface area (Å²) in [5, 5.41) is 13.8. The lowest BCUT2D eigenvalue weighted by atomic mass is 9.67. The molecule has 2 saturated heterocycles. The number of amides is 2. The van der Waals surface area contributed by atoms with Crippen LogP contribution in [0.5, 0.6) is 0 Å². The van der Waals surface area contributed by atoms with E-state index in [0.717, 1.165) is 19.4 Å². The van der Waals surface area contributed by atoms with E-state index >= 15 is 0 Å². The number of likely N-dealkylation sites (tertiary alicyclic amines) is 2. The van der Waals surface area contributed by atoms with Gasteiger partial charge in [0.25, 0.3) is 12.4 Å². The summed E-state index contributed by atoms with van der Waals surface area (Å²) in [6.45, 7) is 3.97. The predicted molar refractivity (Wildman–Crippen MR) is 112 cm³/mol. The van der Waals surface area contributed by atoms with Gasteiger partial charge in [-0.3, -0.25) is 14.4 Å². The molecular formula is C21H28N6O5. The van der Waals surface area contributed by atoms with Gasteiger partial charge in [0, 0.05) is 31.5 Å². The van der Waals surface area contributed by atoms with Gasteiger partial charge in [-0.05, 0) is 39.8 Å². The molecule has 0 radical (unpaired) electrons. The monoisotopic (exact) mass is 444 g/mol. The fraction of sp³-hybridized carbons (Fsp3) is 0.524. The highest BCUT2D eigenvalue weighted by Crippen LogP contribution is 2.43. The zero-order valence-corrected chi connectivity index (χ0v) is 18.2. The number of aryl methyl sites for hydroxylation is 1. The summed E-state index contributed by atoms with van der Waals surface area (Å²) < 4.78 is 4.84. The van der Waals surface area contributed by atoms with Crippen molar-refractivity contribution in [1.82, 2.24) is 30.2 Å². The van der Waals surface area contributed by atoms with Gasteiger partial charge in [-0.1, -0.05) is 5.16 Å². The molecule has 0 unspecified atom stereocenters. The largest absolute Gasteiger partial charge is 0.483 e. The van der Waals surface area contributed by atoms with Crippen molar-refractivity contribution in [3.63, 3.8) is 0 Å². The van der Waals surface area contributed by atoms with Gasteiger partial charge in [0.1, 0.15) is 17.8 Å². The highest BCUT2D eigenvalue weighted by atomic mass is 16.5. The van der Waals surface area contributed by atoms with Crippen molar-refractivity contribution in [3.8, 4) is 0 Å². The number of carbonyl (C=O) groups is 3. The zero-order valence-electron chi connectivity index (χ0n) is 18.2. The van der Waals surface area contributed by atoms with Gasteiger partial charge in [0.05, 0.1) is 23.6 Å². The van der Waals surface area contributed by atoms with Crippen molar-refractivity contribution in [2.75, 3.05) is 26.7 Å². The van der Waals surface area contributed by atoms with Crippen LogP contribution in [0.1, 0.15) is 41.1 Å². The molecule has 2 aliphatic heterocycles. The molecule has 172 valence electrons. The van der Waals surface area contributed by atoms with Gasteiger partial charge < -0.3 is 24.7 Å². The van der Waals surface area contributed by atoms with Crippen LogP contribution >= 0.6 is 0 Å². The van der Waals surface area contributed by atoms with E-state index in [9.17, 15) is 9.59 Å². The Morgan fingerprint density at radius 1 is 1.31 bits per heavy atom. The van der Waals surface area contributed by atoms with Crippen LogP contribution in [-0.2, 0) is 16.1 Å². The Balaban J connectivity index is 0.000000913. The van der Waals surface area contributed by atoms with E-state index in [4.69, 9.17) is 14.4 Å². The minimum atomic E-state index is -0.601. The second-order valence-corrected chi connectivity index (χ2v) is 8.08. The van der Waals surface area contributed by atoms with E-state index in [1.54, 1.807) is 25.4 Å². The van der Waals surface area contributed by atoms with E-state index in [2.05, 4.69) is 25.3 Å². The molecule has 4 rings (SSSR count). The number of aromatic nitrogens is 3. The van der Waals surface area contributed by atoms with Gasteiger partial charge >= 0.3 is 0 Å². The fourth-order valence-electron chi connectivity index (χ4n) is 4.49. The Morgan fingerprint density at radius 2 is 2.03 bits per heavy atom. The van der Waals surface area contributed by atoms with Crippen LogP contribution in [0.2, 0.25) is 0 Å². The molecule has 2 aromatic rings. The smallest absolute Gasteiger partial charge is 0.290 e. The Bertz CT molecular complexity index is 919. The molecule has 4 heterocycles. The Hall–Kier alpha value is -3.34. The number of piperidine rings is 2. The number of nitrogens with zero attached hydrogens (tertiary/aromatic N) is 5. The molecular weight excluding hydrogens is 416 g/mol. The van der Waals surface area contributed by atoms with Crippen molar-refractivity contribution in [1.29, 1.82) is 0 Å². The lowest BCUT2D eigenvalue weighted by Gasteiger charge is -2.53. The molecule has 0 spiro atoms. The summed E-state index contributed by atoms with van der Waals surface area (Å²) in [5.74, 6) is 0.495. The van der Waals surface area contributed by atoms with Gasteiger partial charge in [-0.2, -0.15) is 0 Å². The number of hydrogen-bond donors (Lipinski definition) is 2. The van der Waals surface area contributed by atoms with Crippen LogP contribution in [0.3, 0.4) is 0 Å². The summed E-state index contributed by atoms with van der Waals surface area (Å²) in [7, 11) is 2.03. The Kier molecular flexibility index (Phi) is 7.52. The topological polar surface area (TPSA) is 142 Å². The molecule has 11 nitrogen and oxygen atoms in total. The van der Waals surface area contributed by atoms with Gasteiger partial charge in [-0.25, -0.2) is 9.97 Å². The molecule has 32 heavy (non-hydrogen) atoms. The summed E-state index contributed by atoms with van der Waals surface area (Å²) in [6.07, 6.45) is 6.90. The van der Waals surface area contributed by atoms with Crippen LogP contribution in [0, 0.1) is 12.3 Å². The van der Waals surface area contributed by atoms with Crippen LogP contribution in [0.4, 0.5) is 0 Å². The molecule has 2 fully saturated rings. The predicted octanol–water partition coefficient (Wildman–Crippen LogP) is 0.717. The molecule has 2 aromatic heterocycles. The van der Waals surface area contributed by atoms with Crippen LogP contribution in [0.15, 0.2) is 29.2 Å². The molecule has 2 atom stereocenters. The average molecular weight is 444 g/mol. The van der Waals surface area contributed by atoms with Crippen LogP contribution in [0.25, 0.3) is 0 Å². The van der Waals surface area contributed by atoms with Crippen molar-refractivity contribution >= 4 is 18.3 Å². The van der Waals surface area contributed by atoms with Gasteiger partial charge in [0.15, 0.2) is 0 Å². The highest BCUT2D eigenvalue weighted by Gasteiger charge is 2.53. The minimum absolute atomic E-state index is 0.0174. The molecule has 2 amide bonds. The maximum atomic E-state index is 13.4. The van der Waals surface area contributed by atoms with Crippen molar-refractivity contribution in [2.24, 2.45) is 5.41 Å². The van der Waals surface area contributed by atoms with Gasteiger partial charge in [0.2, 0.25) is 5.91 Å². The quantitative estimate of drug-likeness (QED) is 0.652. The summed E-state index contributed by atoms with van der Waals surface area (Å²) >= 11 is 0. The first-order valence-electron chi connectivity index (χ1n) is 10.4. The van der Waals surface area contributed by atoms with E-state index in [1.807, 2.05) is 11.9 Å². The maximum absolute atomic E-state index is 13.4. The lowest BCUT2D eigenvalue weighted by molar-refractivity contribution is -0.142. The SMILES string of the molecule is Cc1ncc(C(=O)N2CCC[C@@]3(C(=O)NCc4ccon4)CCN(C)C[C@H]23)cn1.O=CO. The first-order chi connectivity index (χ1) is 15.4. The minimum Gasteiger partial charge on any atom is -0.483 e. The number of fused-ring (bicyclic) bond motifs is 1. The second kappa shape index (κ2) is 10.3. The number of nitrogens with one attached hydrogen (secondary N) is 1. The zero-order chi connectivity index (χ0) is 23.1. The molecule has 0 aromatic carbocycles.